The fourth-order valence-electron chi connectivity index (χ4n) is 3.46. The number of aryl methyl sites for hydroxylation is 1. The SMILES string of the molecule is CCOC(=O)CCNC(=O)C(c1ccc(C)cc1)N(CCO)C(=O)C(CCSC)NC(=O)OC(C)(C)C. The standard InChI is InChI=1S/C26H41N3O7S/c1-7-35-21(31)12-14-27-23(32)22(19-10-8-18(2)9-11-19)29(15-16-30)24(33)20(13-17-37-6)28-25(34)36-26(3,4)5/h8-11,20,22,30H,7,12-17H2,1-6H3,(H,27,32)(H,28,34). The number of alkyl carbamates (subject to hydrolysis) is 1. The van der Waals surface area contributed by atoms with E-state index in [1.165, 1.54) is 16.7 Å². The maximum atomic E-state index is 13.8. The van der Waals surface area contributed by atoms with Crippen molar-refractivity contribution < 1.29 is 33.8 Å². The largest absolute Gasteiger partial charge is 0.466 e. The summed E-state index contributed by atoms with van der Waals surface area (Å²) in [4.78, 5) is 52.6. The van der Waals surface area contributed by atoms with E-state index in [1.54, 1.807) is 39.8 Å². The number of aliphatic hydroxyl groups is 1. The molecule has 37 heavy (non-hydrogen) atoms. The van der Waals surface area contributed by atoms with Gasteiger partial charge in [-0.1, -0.05) is 29.8 Å². The van der Waals surface area contributed by atoms with Crippen LogP contribution in [0.2, 0.25) is 0 Å². The van der Waals surface area contributed by atoms with Gasteiger partial charge in [0, 0.05) is 13.1 Å². The van der Waals surface area contributed by atoms with Gasteiger partial charge in [-0.05, 0) is 58.6 Å². The molecule has 1 rings (SSSR count). The number of rotatable bonds is 14. The topological polar surface area (TPSA) is 134 Å². The number of carbonyl (C=O) groups excluding carboxylic acids is 4. The van der Waals surface area contributed by atoms with Crippen molar-refractivity contribution in [3.63, 3.8) is 0 Å². The maximum absolute atomic E-state index is 13.8. The molecular formula is C26H41N3O7S. The van der Waals surface area contributed by atoms with E-state index in [0.717, 1.165) is 5.56 Å². The van der Waals surface area contributed by atoms with Crippen molar-refractivity contribution in [2.45, 2.75) is 65.1 Å². The predicted molar refractivity (Wildman–Crippen MR) is 143 cm³/mol. The van der Waals surface area contributed by atoms with Gasteiger partial charge in [0.15, 0.2) is 0 Å². The second-order valence-corrected chi connectivity index (χ2v) is 10.4. The second kappa shape index (κ2) is 16.1. The molecule has 0 saturated heterocycles. The van der Waals surface area contributed by atoms with Crippen molar-refractivity contribution in [2.24, 2.45) is 0 Å². The van der Waals surface area contributed by atoms with Crippen LogP contribution in [0.4, 0.5) is 4.79 Å². The maximum Gasteiger partial charge on any atom is 0.408 e. The highest BCUT2D eigenvalue weighted by Crippen LogP contribution is 2.24. The first-order valence-corrected chi connectivity index (χ1v) is 13.7. The van der Waals surface area contributed by atoms with E-state index in [0.29, 0.717) is 17.7 Å². The molecule has 0 heterocycles. The first-order valence-electron chi connectivity index (χ1n) is 12.3. The van der Waals surface area contributed by atoms with E-state index >= 15 is 0 Å². The number of hydrogen-bond acceptors (Lipinski definition) is 8. The zero-order valence-corrected chi connectivity index (χ0v) is 23.5. The molecule has 0 spiro atoms. The van der Waals surface area contributed by atoms with E-state index in [2.05, 4.69) is 10.6 Å². The normalized spacial score (nSPS) is 12.7. The second-order valence-electron chi connectivity index (χ2n) is 9.39. The highest BCUT2D eigenvalue weighted by Gasteiger charge is 2.36. The summed E-state index contributed by atoms with van der Waals surface area (Å²) in [5.74, 6) is -0.923. The molecule has 0 aliphatic rings. The van der Waals surface area contributed by atoms with Gasteiger partial charge in [0.1, 0.15) is 17.7 Å². The Labute approximate surface area is 223 Å². The minimum absolute atomic E-state index is 0.0211. The molecule has 0 saturated carbocycles. The van der Waals surface area contributed by atoms with Crippen LogP contribution in [-0.2, 0) is 23.9 Å². The molecule has 1 aromatic rings. The van der Waals surface area contributed by atoms with Gasteiger partial charge in [0.2, 0.25) is 11.8 Å². The summed E-state index contributed by atoms with van der Waals surface area (Å²) in [6.45, 7) is 8.47. The number of amides is 3. The Bertz CT molecular complexity index is 887. The Morgan fingerprint density at radius 3 is 2.32 bits per heavy atom. The van der Waals surface area contributed by atoms with Gasteiger partial charge in [-0.3, -0.25) is 14.4 Å². The van der Waals surface area contributed by atoms with Gasteiger partial charge < -0.3 is 30.1 Å². The third kappa shape index (κ3) is 11.9. The summed E-state index contributed by atoms with van der Waals surface area (Å²) in [7, 11) is 0. The minimum atomic E-state index is -1.10. The smallest absolute Gasteiger partial charge is 0.408 e. The van der Waals surface area contributed by atoms with Gasteiger partial charge in [0.25, 0.3) is 0 Å². The number of benzene rings is 1. The summed E-state index contributed by atoms with van der Waals surface area (Å²) in [5.41, 5.74) is 0.738. The lowest BCUT2D eigenvalue weighted by Gasteiger charge is -2.34. The number of hydrogen-bond donors (Lipinski definition) is 3. The fourth-order valence-corrected chi connectivity index (χ4v) is 3.93. The number of nitrogens with one attached hydrogen (secondary N) is 2. The summed E-state index contributed by atoms with van der Waals surface area (Å²) < 4.78 is 10.2. The van der Waals surface area contributed by atoms with Crippen LogP contribution in [0.5, 0.6) is 0 Å². The lowest BCUT2D eigenvalue weighted by Crippen LogP contribution is -2.54. The van der Waals surface area contributed by atoms with Crippen LogP contribution in [0.1, 0.15) is 57.7 Å². The predicted octanol–water partition coefficient (Wildman–Crippen LogP) is 2.57. The lowest BCUT2D eigenvalue weighted by molar-refractivity contribution is -0.144. The van der Waals surface area contributed by atoms with Gasteiger partial charge in [-0.25, -0.2) is 4.79 Å². The average Bonchev–Trinajstić information content (AvgIpc) is 2.81. The average molecular weight is 540 g/mol. The van der Waals surface area contributed by atoms with Gasteiger partial charge >= 0.3 is 12.1 Å². The Morgan fingerprint density at radius 1 is 1.14 bits per heavy atom. The van der Waals surface area contributed by atoms with Crippen LogP contribution < -0.4 is 10.6 Å². The summed E-state index contributed by atoms with van der Waals surface area (Å²) in [6, 6.07) is 5.04. The number of ether oxygens (including phenoxy) is 2. The molecule has 2 unspecified atom stereocenters. The number of thioether (sulfide) groups is 1. The van der Waals surface area contributed by atoms with Crippen LogP contribution in [0.15, 0.2) is 24.3 Å². The van der Waals surface area contributed by atoms with E-state index in [-0.39, 0.29) is 26.1 Å². The molecule has 11 heteroatoms. The molecule has 0 aliphatic heterocycles. The number of aliphatic hydroxyl groups excluding tert-OH is 1. The third-order valence-corrected chi connectivity index (χ3v) is 5.75. The van der Waals surface area contributed by atoms with Crippen LogP contribution in [0, 0.1) is 6.92 Å². The molecule has 10 nitrogen and oxygen atoms in total. The molecular weight excluding hydrogens is 498 g/mol. The Hall–Kier alpha value is -2.79. The molecule has 1 aromatic carbocycles. The van der Waals surface area contributed by atoms with Crippen LogP contribution in [0.3, 0.4) is 0 Å². The molecule has 0 aromatic heterocycles. The summed E-state index contributed by atoms with van der Waals surface area (Å²) >= 11 is 1.51. The van der Waals surface area contributed by atoms with Crippen LogP contribution in [0.25, 0.3) is 0 Å². The first-order chi connectivity index (χ1) is 17.4. The minimum Gasteiger partial charge on any atom is -0.466 e. The van der Waals surface area contributed by atoms with Crippen molar-refractivity contribution in [1.29, 1.82) is 0 Å². The van der Waals surface area contributed by atoms with E-state index < -0.39 is 48.2 Å². The Balaban J connectivity index is 3.29. The number of esters is 1. The lowest BCUT2D eigenvalue weighted by atomic mass is 10.0. The zero-order valence-electron chi connectivity index (χ0n) is 22.7. The van der Waals surface area contributed by atoms with Crippen LogP contribution in [-0.4, -0.2) is 83.8 Å². The molecule has 3 N–H and O–H groups in total. The quantitative estimate of drug-likeness (QED) is 0.307. The fraction of sp³-hybridized carbons (Fsp3) is 0.615. The van der Waals surface area contributed by atoms with Gasteiger partial charge in [-0.2, -0.15) is 11.8 Å². The van der Waals surface area contributed by atoms with Gasteiger partial charge in [0.05, 0.1) is 19.6 Å². The zero-order chi connectivity index (χ0) is 28.0. The number of carbonyl (C=O) groups is 4. The van der Waals surface area contributed by atoms with E-state index in [1.807, 2.05) is 25.3 Å². The van der Waals surface area contributed by atoms with Crippen molar-refractivity contribution >= 4 is 35.6 Å². The molecule has 208 valence electrons. The van der Waals surface area contributed by atoms with Crippen molar-refractivity contribution in [1.82, 2.24) is 15.5 Å². The monoisotopic (exact) mass is 539 g/mol. The number of nitrogens with zero attached hydrogens (tertiary/aromatic N) is 1. The summed E-state index contributed by atoms with van der Waals surface area (Å²) in [5, 5.41) is 15.1. The molecule has 0 fully saturated rings. The highest BCUT2D eigenvalue weighted by molar-refractivity contribution is 7.98. The highest BCUT2D eigenvalue weighted by atomic mass is 32.2. The van der Waals surface area contributed by atoms with Crippen molar-refractivity contribution in [2.75, 3.05) is 38.3 Å². The van der Waals surface area contributed by atoms with E-state index in [9.17, 15) is 24.3 Å². The molecule has 3 amide bonds. The first kappa shape index (κ1) is 32.2. The Kier molecular flexibility index (Phi) is 14.1. The molecule has 0 aliphatic carbocycles. The van der Waals surface area contributed by atoms with E-state index in [4.69, 9.17) is 9.47 Å². The van der Waals surface area contributed by atoms with Crippen molar-refractivity contribution in [3.05, 3.63) is 35.4 Å². The third-order valence-electron chi connectivity index (χ3n) is 5.11. The van der Waals surface area contributed by atoms with Crippen molar-refractivity contribution in [3.8, 4) is 0 Å². The molecule has 2 atom stereocenters. The van der Waals surface area contributed by atoms with Gasteiger partial charge in [-0.15, -0.1) is 0 Å². The van der Waals surface area contributed by atoms with Crippen LogP contribution >= 0.6 is 11.8 Å². The molecule has 0 radical (unpaired) electrons. The Morgan fingerprint density at radius 2 is 1.78 bits per heavy atom. The summed E-state index contributed by atoms with van der Waals surface area (Å²) in [6.07, 6.45) is 1.41. The molecule has 0 bridgehead atoms.